The first kappa shape index (κ1) is 18.5. The minimum absolute atomic E-state index is 0.0903. The van der Waals surface area contributed by atoms with Gasteiger partial charge in [0.1, 0.15) is 22.3 Å². The summed E-state index contributed by atoms with van der Waals surface area (Å²) in [4.78, 5) is 32.5. The second kappa shape index (κ2) is 7.80. The van der Waals surface area contributed by atoms with Gasteiger partial charge in [-0.2, -0.15) is 0 Å². The third-order valence-electron chi connectivity index (χ3n) is 3.22. The van der Waals surface area contributed by atoms with E-state index in [0.29, 0.717) is 21.3 Å². The Balaban J connectivity index is 2.17. The van der Waals surface area contributed by atoms with Gasteiger partial charge in [-0.15, -0.1) is 11.3 Å². The fourth-order valence-electron chi connectivity index (χ4n) is 2.14. The first-order valence-corrected chi connectivity index (χ1v) is 8.17. The maximum absolute atomic E-state index is 12.2. The highest BCUT2D eigenvalue weighted by atomic mass is 32.1. The molecule has 0 unspecified atom stereocenters. The quantitative estimate of drug-likeness (QED) is 0.354. The Labute approximate surface area is 148 Å². The van der Waals surface area contributed by atoms with Gasteiger partial charge in [-0.3, -0.25) is 9.78 Å². The minimum Gasteiger partial charge on any atom is -0.508 e. The number of ether oxygens (including phenoxy) is 1. The number of pyridine rings is 1. The Morgan fingerprint density at radius 3 is 2.60 bits per heavy atom. The highest BCUT2D eigenvalue weighted by molar-refractivity contribution is 7.17. The lowest BCUT2D eigenvalue weighted by Crippen LogP contribution is -2.15. The number of aryl methyl sites for hydroxylation is 1. The van der Waals surface area contributed by atoms with E-state index in [1.54, 1.807) is 25.3 Å². The SMILES string of the molecule is CC(=N)/C(C(C)=O)=C(/O)COC(=O)c1sc(-c2ccccn2)nc1C. The van der Waals surface area contributed by atoms with E-state index < -0.39 is 24.1 Å². The molecule has 0 fully saturated rings. The van der Waals surface area contributed by atoms with E-state index in [2.05, 4.69) is 9.97 Å². The Bertz CT molecular complexity index is 840. The molecule has 0 atom stereocenters. The Hall–Kier alpha value is -2.87. The summed E-state index contributed by atoms with van der Waals surface area (Å²) < 4.78 is 5.06. The van der Waals surface area contributed by atoms with Crippen molar-refractivity contribution in [2.24, 2.45) is 0 Å². The number of carbonyl (C=O) groups excluding carboxylic acids is 2. The lowest BCUT2D eigenvalue weighted by atomic mass is 10.1. The van der Waals surface area contributed by atoms with Gasteiger partial charge < -0.3 is 15.3 Å². The van der Waals surface area contributed by atoms with Gasteiger partial charge in [0.05, 0.1) is 17.0 Å². The van der Waals surface area contributed by atoms with Crippen LogP contribution in [0, 0.1) is 12.3 Å². The molecule has 0 aliphatic heterocycles. The van der Waals surface area contributed by atoms with Crippen molar-refractivity contribution in [3.8, 4) is 10.7 Å². The third-order valence-corrected chi connectivity index (χ3v) is 4.38. The van der Waals surface area contributed by atoms with Crippen LogP contribution in [0.3, 0.4) is 0 Å². The van der Waals surface area contributed by atoms with E-state index in [-0.39, 0.29) is 11.3 Å². The van der Waals surface area contributed by atoms with Crippen molar-refractivity contribution < 1.29 is 19.4 Å². The van der Waals surface area contributed by atoms with Gasteiger partial charge in [-0.1, -0.05) is 6.07 Å². The summed E-state index contributed by atoms with van der Waals surface area (Å²) in [5.74, 6) is -1.57. The summed E-state index contributed by atoms with van der Waals surface area (Å²) in [6.45, 7) is 3.80. The average Bonchev–Trinajstić information content (AvgIpc) is 2.94. The second-order valence-electron chi connectivity index (χ2n) is 5.23. The molecular formula is C17H17N3O4S. The molecule has 130 valence electrons. The highest BCUT2D eigenvalue weighted by Crippen LogP contribution is 2.27. The van der Waals surface area contributed by atoms with Crippen LogP contribution in [0.25, 0.3) is 10.7 Å². The number of carbonyl (C=O) groups is 2. The van der Waals surface area contributed by atoms with Crippen molar-refractivity contribution in [2.75, 3.05) is 6.61 Å². The molecule has 0 amide bonds. The monoisotopic (exact) mass is 359 g/mol. The van der Waals surface area contributed by atoms with Crippen molar-refractivity contribution in [3.05, 3.63) is 46.3 Å². The number of ketones is 1. The highest BCUT2D eigenvalue weighted by Gasteiger charge is 2.20. The number of aliphatic hydroxyl groups is 1. The van der Waals surface area contributed by atoms with Crippen molar-refractivity contribution >= 4 is 28.8 Å². The van der Waals surface area contributed by atoms with Gasteiger partial charge in [-0.05, 0) is 32.9 Å². The van der Waals surface area contributed by atoms with Crippen LogP contribution in [0.2, 0.25) is 0 Å². The zero-order chi connectivity index (χ0) is 18.6. The van der Waals surface area contributed by atoms with Crippen molar-refractivity contribution in [1.82, 2.24) is 9.97 Å². The number of hydrogen-bond donors (Lipinski definition) is 2. The normalized spacial score (nSPS) is 11.6. The maximum Gasteiger partial charge on any atom is 0.350 e. The standard InChI is InChI=1S/C17H17N3O4S/c1-9(18)14(11(3)21)13(22)8-24-17(23)15-10(2)20-16(25-15)12-6-4-5-7-19-12/h4-7,18,22H,8H2,1-3H3/b14-13-,18-9?. The molecule has 0 aliphatic carbocycles. The lowest BCUT2D eigenvalue weighted by molar-refractivity contribution is -0.113. The molecule has 0 bridgehead atoms. The predicted octanol–water partition coefficient (Wildman–Crippen LogP) is 3.11. The van der Waals surface area contributed by atoms with Gasteiger partial charge >= 0.3 is 5.97 Å². The molecule has 0 saturated carbocycles. The number of Topliss-reactive ketones (excluding diaryl/α,β-unsaturated/α-hetero) is 1. The number of esters is 1. The molecule has 8 heteroatoms. The molecule has 0 aliphatic rings. The van der Waals surface area contributed by atoms with E-state index in [1.165, 1.54) is 13.8 Å². The van der Waals surface area contributed by atoms with Gasteiger partial charge in [0, 0.05) is 11.9 Å². The number of nitrogens with zero attached hydrogens (tertiary/aromatic N) is 2. The summed E-state index contributed by atoms with van der Waals surface area (Å²) in [6, 6.07) is 5.39. The fraction of sp³-hybridized carbons (Fsp3) is 0.235. The Morgan fingerprint density at radius 1 is 1.32 bits per heavy atom. The lowest BCUT2D eigenvalue weighted by Gasteiger charge is -2.07. The average molecular weight is 359 g/mol. The van der Waals surface area contributed by atoms with Gasteiger partial charge in [0.2, 0.25) is 0 Å². The van der Waals surface area contributed by atoms with Crippen LogP contribution < -0.4 is 0 Å². The number of allylic oxidation sites excluding steroid dienone is 1. The summed E-state index contributed by atoms with van der Waals surface area (Å²) in [6.07, 6.45) is 1.63. The summed E-state index contributed by atoms with van der Waals surface area (Å²) in [5, 5.41) is 18.0. The molecule has 2 aromatic heterocycles. The molecule has 7 nitrogen and oxygen atoms in total. The smallest absolute Gasteiger partial charge is 0.350 e. The summed E-state index contributed by atoms with van der Waals surface area (Å²) >= 11 is 1.14. The zero-order valence-corrected chi connectivity index (χ0v) is 14.8. The molecule has 2 aromatic rings. The summed E-state index contributed by atoms with van der Waals surface area (Å²) in [7, 11) is 0. The van der Waals surface area contributed by atoms with E-state index in [0.717, 1.165) is 11.3 Å². The molecule has 25 heavy (non-hydrogen) atoms. The Kier molecular flexibility index (Phi) is 5.76. The van der Waals surface area contributed by atoms with Crippen molar-refractivity contribution in [2.45, 2.75) is 20.8 Å². The van der Waals surface area contributed by atoms with E-state index in [1.807, 2.05) is 6.07 Å². The molecule has 2 N–H and O–H groups in total. The van der Waals surface area contributed by atoms with Crippen LogP contribution >= 0.6 is 11.3 Å². The number of aliphatic hydroxyl groups excluding tert-OH is 1. The van der Waals surface area contributed by atoms with Gasteiger partial charge in [0.25, 0.3) is 0 Å². The zero-order valence-electron chi connectivity index (χ0n) is 14.0. The maximum atomic E-state index is 12.2. The third kappa shape index (κ3) is 4.36. The van der Waals surface area contributed by atoms with E-state index in [4.69, 9.17) is 10.1 Å². The number of rotatable bonds is 6. The topological polar surface area (TPSA) is 113 Å². The summed E-state index contributed by atoms with van der Waals surface area (Å²) in [5.41, 5.74) is 0.903. The number of hydrogen-bond acceptors (Lipinski definition) is 8. The number of nitrogens with one attached hydrogen (secondary N) is 1. The van der Waals surface area contributed by atoms with Crippen LogP contribution in [0.15, 0.2) is 35.7 Å². The fourth-order valence-corrected chi connectivity index (χ4v) is 3.08. The molecular weight excluding hydrogens is 342 g/mol. The van der Waals surface area contributed by atoms with Crippen LogP contribution in [-0.4, -0.2) is 39.1 Å². The number of thiazole rings is 1. The molecule has 2 heterocycles. The number of aromatic nitrogens is 2. The molecule has 0 saturated heterocycles. The second-order valence-corrected chi connectivity index (χ2v) is 6.23. The van der Waals surface area contributed by atoms with E-state index in [9.17, 15) is 14.7 Å². The van der Waals surface area contributed by atoms with Crippen LogP contribution in [0.4, 0.5) is 0 Å². The first-order chi connectivity index (χ1) is 11.8. The van der Waals surface area contributed by atoms with Gasteiger partial charge in [-0.25, -0.2) is 9.78 Å². The van der Waals surface area contributed by atoms with Gasteiger partial charge in [0.15, 0.2) is 5.78 Å². The predicted molar refractivity (Wildman–Crippen MR) is 94.1 cm³/mol. The molecule has 2 rings (SSSR count). The molecule has 0 radical (unpaired) electrons. The van der Waals surface area contributed by atoms with Crippen LogP contribution in [-0.2, 0) is 9.53 Å². The molecule has 0 spiro atoms. The van der Waals surface area contributed by atoms with Crippen LogP contribution in [0.5, 0.6) is 0 Å². The van der Waals surface area contributed by atoms with Crippen molar-refractivity contribution in [1.29, 1.82) is 5.41 Å². The molecule has 0 aromatic carbocycles. The largest absolute Gasteiger partial charge is 0.508 e. The van der Waals surface area contributed by atoms with E-state index >= 15 is 0 Å². The van der Waals surface area contributed by atoms with Crippen LogP contribution in [0.1, 0.15) is 29.2 Å². The Morgan fingerprint density at radius 2 is 2.04 bits per heavy atom. The minimum atomic E-state index is -0.658. The first-order valence-electron chi connectivity index (χ1n) is 7.35. The van der Waals surface area contributed by atoms with Crippen molar-refractivity contribution in [3.63, 3.8) is 0 Å².